The van der Waals surface area contributed by atoms with Gasteiger partial charge in [0.1, 0.15) is 5.69 Å². The van der Waals surface area contributed by atoms with E-state index >= 15 is 0 Å². The summed E-state index contributed by atoms with van der Waals surface area (Å²) in [6.07, 6.45) is -4.60. The van der Waals surface area contributed by atoms with Crippen molar-refractivity contribution in [3.8, 4) is 0 Å². The van der Waals surface area contributed by atoms with Crippen molar-refractivity contribution in [2.45, 2.75) is 13.1 Å². The van der Waals surface area contributed by atoms with Gasteiger partial charge in [-0.3, -0.25) is 4.79 Å². The molecule has 1 amide bonds. The SMILES string of the molecule is Cc1nc(C(F)(F)F)ccc1C(=O)Nc1cccc(Cl)c1F. The van der Waals surface area contributed by atoms with Crippen LogP contribution in [-0.2, 0) is 6.18 Å². The highest BCUT2D eigenvalue weighted by Gasteiger charge is 2.33. The fourth-order valence-electron chi connectivity index (χ4n) is 1.75. The Labute approximate surface area is 127 Å². The molecule has 0 fully saturated rings. The van der Waals surface area contributed by atoms with Crippen molar-refractivity contribution >= 4 is 23.2 Å². The van der Waals surface area contributed by atoms with Crippen LogP contribution in [0.1, 0.15) is 21.7 Å². The van der Waals surface area contributed by atoms with Crippen molar-refractivity contribution in [1.29, 1.82) is 0 Å². The molecule has 0 aliphatic carbocycles. The lowest BCUT2D eigenvalue weighted by molar-refractivity contribution is -0.141. The highest BCUT2D eigenvalue weighted by molar-refractivity contribution is 6.31. The summed E-state index contributed by atoms with van der Waals surface area (Å²) in [6, 6.07) is 5.70. The van der Waals surface area contributed by atoms with Gasteiger partial charge in [-0.05, 0) is 31.2 Å². The Morgan fingerprint density at radius 3 is 2.50 bits per heavy atom. The number of pyridine rings is 1. The van der Waals surface area contributed by atoms with Crippen LogP contribution < -0.4 is 5.32 Å². The van der Waals surface area contributed by atoms with Gasteiger partial charge >= 0.3 is 6.18 Å². The zero-order chi connectivity index (χ0) is 16.5. The molecular formula is C14H9ClF4N2O. The Bertz CT molecular complexity index is 731. The number of nitrogens with one attached hydrogen (secondary N) is 1. The van der Waals surface area contributed by atoms with E-state index in [2.05, 4.69) is 10.3 Å². The lowest BCUT2D eigenvalue weighted by Crippen LogP contribution is -2.17. The maximum Gasteiger partial charge on any atom is 0.433 e. The van der Waals surface area contributed by atoms with Crippen LogP contribution in [0, 0.1) is 12.7 Å². The van der Waals surface area contributed by atoms with Crippen molar-refractivity contribution in [3.63, 3.8) is 0 Å². The number of hydrogen-bond donors (Lipinski definition) is 1. The Kier molecular flexibility index (Phi) is 4.37. The van der Waals surface area contributed by atoms with Gasteiger partial charge in [0.25, 0.3) is 5.91 Å². The molecule has 2 aromatic rings. The highest BCUT2D eigenvalue weighted by atomic mass is 35.5. The number of anilines is 1. The second-order valence-electron chi connectivity index (χ2n) is 4.38. The van der Waals surface area contributed by atoms with Gasteiger partial charge in [0.05, 0.1) is 22.0 Å². The smallest absolute Gasteiger partial charge is 0.319 e. The zero-order valence-electron chi connectivity index (χ0n) is 11.1. The van der Waals surface area contributed by atoms with Crippen molar-refractivity contribution < 1.29 is 22.4 Å². The quantitative estimate of drug-likeness (QED) is 0.825. The molecule has 22 heavy (non-hydrogen) atoms. The Morgan fingerprint density at radius 1 is 1.23 bits per heavy atom. The van der Waals surface area contributed by atoms with E-state index in [-0.39, 0.29) is 22.0 Å². The number of hydrogen-bond acceptors (Lipinski definition) is 2. The molecule has 0 bridgehead atoms. The van der Waals surface area contributed by atoms with Crippen LogP contribution in [0.4, 0.5) is 23.2 Å². The first-order valence-corrected chi connectivity index (χ1v) is 6.38. The lowest BCUT2D eigenvalue weighted by atomic mass is 10.1. The van der Waals surface area contributed by atoms with Crippen molar-refractivity contribution in [2.75, 3.05) is 5.32 Å². The van der Waals surface area contributed by atoms with Gasteiger partial charge in [0, 0.05) is 0 Å². The number of nitrogens with zero attached hydrogens (tertiary/aromatic N) is 1. The first-order chi connectivity index (χ1) is 10.2. The maximum atomic E-state index is 13.7. The second kappa shape index (κ2) is 5.92. The number of amides is 1. The molecule has 1 aromatic heterocycles. The fourth-order valence-corrected chi connectivity index (χ4v) is 1.92. The monoisotopic (exact) mass is 332 g/mol. The van der Waals surface area contributed by atoms with E-state index in [1.54, 1.807) is 0 Å². The molecule has 0 saturated heterocycles. The standard InChI is InChI=1S/C14H9ClF4N2O/c1-7-8(5-6-11(20-7)14(17,18)19)13(22)21-10-4-2-3-9(15)12(10)16/h2-6H,1H3,(H,21,22). The molecule has 0 radical (unpaired) electrons. The van der Waals surface area contributed by atoms with E-state index in [1.165, 1.54) is 25.1 Å². The highest BCUT2D eigenvalue weighted by Crippen LogP contribution is 2.28. The van der Waals surface area contributed by atoms with Gasteiger partial charge in [-0.15, -0.1) is 0 Å². The van der Waals surface area contributed by atoms with Crippen LogP contribution in [-0.4, -0.2) is 10.9 Å². The minimum atomic E-state index is -4.60. The normalized spacial score (nSPS) is 11.4. The van der Waals surface area contributed by atoms with Gasteiger partial charge < -0.3 is 5.32 Å². The van der Waals surface area contributed by atoms with Crippen LogP contribution >= 0.6 is 11.6 Å². The van der Waals surface area contributed by atoms with Crippen LogP contribution in [0.25, 0.3) is 0 Å². The summed E-state index contributed by atoms with van der Waals surface area (Å²) < 4.78 is 51.2. The minimum Gasteiger partial charge on any atom is -0.319 e. The number of benzene rings is 1. The summed E-state index contributed by atoms with van der Waals surface area (Å²) in [4.78, 5) is 15.4. The molecule has 0 spiro atoms. The first-order valence-electron chi connectivity index (χ1n) is 6.00. The van der Waals surface area contributed by atoms with Crippen LogP contribution in [0.15, 0.2) is 30.3 Å². The average molecular weight is 333 g/mol. The predicted molar refractivity (Wildman–Crippen MR) is 73.3 cm³/mol. The van der Waals surface area contributed by atoms with Crippen molar-refractivity contribution in [3.05, 3.63) is 58.1 Å². The predicted octanol–water partition coefficient (Wildman–Crippen LogP) is 4.45. The molecule has 0 unspecified atom stereocenters. The maximum absolute atomic E-state index is 13.7. The molecule has 1 heterocycles. The third kappa shape index (κ3) is 3.36. The van der Waals surface area contributed by atoms with Gasteiger partial charge in [0.2, 0.25) is 0 Å². The number of aryl methyl sites for hydroxylation is 1. The number of alkyl halides is 3. The van der Waals surface area contributed by atoms with Gasteiger partial charge in [-0.2, -0.15) is 13.2 Å². The molecule has 0 aliphatic heterocycles. The molecule has 0 saturated carbocycles. The van der Waals surface area contributed by atoms with E-state index in [9.17, 15) is 22.4 Å². The van der Waals surface area contributed by atoms with E-state index in [0.29, 0.717) is 6.07 Å². The van der Waals surface area contributed by atoms with Gasteiger partial charge in [-0.25, -0.2) is 9.37 Å². The summed E-state index contributed by atoms with van der Waals surface area (Å²) in [5.74, 6) is -1.60. The van der Waals surface area contributed by atoms with E-state index in [0.717, 1.165) is 6.07 Å². The lowest BCUT2D eigenvalue weighted by Gasteiger charge is -2.11. The minimum absolute atomic E-state index is 0.0904. The average Bonchev–Trinajstić information content (AvgIpc) is 2.42. The number of rotatable bonds is 2. The fraction of sp³-hybridized carbons (Fsp3) is 0.143. The number of aromatic nitrogens is 1. The number of carbonyl (C=O) groups excluding carboxylic acids is 1. The van der Waals surface area contributed by atoms with Gasteiger partial charge in [0.15, 0.2) is 5.82 Å². The third-order valence-electron chi connectivity index (χ3n) is 2.82. The zero-order valence-corrected chi connectivity index (χ0v) is 11.9. The molecule has 0 aliphatic rings. The van der Waals surface area contributed by atoms with Crippen LogP contribution in [0.3, 0.4) is 0 Å². The third-order valence-corrected chi connectivity index (χ3v) is 3.11. The summed E-state index contributed by atoms with van der Waals surface area (Å²) >= 11 is 5.58. The second-order valence-corrected chi connectivity index (χ2v) is 4.79. The number of carbonyl (C=O) groups is 1. The summed E-state index contributed by atoms with van der Waals surface area (Å²) in [5.41, 5.74) is -1.48. The molecule has 1 N–H and O–H groups in total. The van der Waals surface area contributed by atoms with E-state index < -0.39 is 23.6 Å². The molecule has 1 aromatic carbocycles. The molecule has 116 valence electrons. The Morgan fingerprint density at radius 2 is 1.91 bits per heavy atom. The van der Waals surface area contributed by atoms with E-state index in [1.807, 2.05) is 0 Å². The Hall–Kier alpha value is -2.15. The van der Waals surface area contributed by atoms with Gasteiger partial charge in [-0.1, -0.05) is 17.7 Å². The van der Waals surface area contributed by atoms with Crippen LogP contribution in [0.2, 0.25) is 5.02 Å². The summed E-state index contributed by atoms with van der Waals surface area (Å²) in [6.45, 7) is 1.26. The number of halogens is 5. The van der Waals surface area contributed by atoms with Crippen LogP contribution in [0.5, 0.6) is 0 Å². The van der Waals surface area contributed by atoms with Crippen molar-refractivity contribution in [1.82, 2.24) is 4.98 Å². The van der Waals surface area contributed by atoms with Crippen molar-refractivity contribution in [2.24, 2.45) is 0 Å². The molecular weight excluding hydrogens is 324 g/mol. The molecule has 0 atom stereocenters. The first kappa shape index (κ1) is 16.2. The molecule has 8 heteroatoms. The molecule has 2 rings (SSSR count). The summed E-state index contributed by atoms with van der Waals surface area (Å²) in [7, 11) is 0. The molecule has 3 nitrogen and oxygen atoms in total. The van der Waals surface area contributed by atoms with E-state index in [4.69, 9.17) is 11.6 Å². The Balaban J connectivity index is 2.29. The largest absolute Gasteiger partial charge is 0.433 e. The topological polar surface area (TPSA) is 42.0 Å². The summed E-state index contributed by atoms with van der Waals surface area (Å²) in [5, 5.41) is 2.07.